The van der Waals surface area contributed by atoms with Crippen molar-refractivity contribution in [3.05, 3.63) is 71.3 Å². The maximum Gasteiger partial charge on any atom is 0.330 e. The monoisotopic (exact) mass is 367 g/mol. The number of hydrogen-bond donors (Lipinski definition) is 0. The zero-order chi connectivity index (χ0) is 18.1. The number of amides is 1. The molecule has 1 amide bonds. The van der Waals surface area contributed by atoms with Gasteiger partial charge in [0, 0.05) is 12.2 Å². The molecular formula is C21H21NO3S. The second kappa shape index (κ2) is 6.80. The number of fused-ring (bicyclic) bond motifs is 1. The van der Waals surface area contributed by atoms with Gasteiger partial charge in [0.15, 0.2) is 0 Å². The van der Waals surface area contributed by atoms with Gasteiger partial charge in [-0.2, -0.15) is 0 Å². The Morgan fingerprint density at radius 3 is 2.81 bits per heavy atom. The van der Waals surface area contributed by atoms with Gasteiger partial charge in [0.05, 0.1) is 0 Å². The van der Waals surface area contributed by atoms with Gasteiger partial charge < -0.3 is 9.64 Å². The van der Waals surface area contributed by atoms with Crippen LogP contribution in [0.2, 0.25) is 0 Å². The van der Waals surface area contributed by atoms with Crippen molar-refractivity contribution in [2.24, 2.45) is 0 Å². The van der Waals surface area contributed by atoms with Crippen molar-refractivity contribution in [2.75, 3.05) is 5.75 Å². The first-order chi connectivity index (χ1) is 12.6. The minimum absolute atomic E-state index is 0.0383. The number of carbonyl (C=O) groups is 2. The molecule has 0 aliphatic carbocycles. The van der Waals surface area contributed by atoms with E-state index in [0.717, 1.165) is 23.1 Å². The lowest BCUT2D eigenvalue weighted by atomic mass is 10.0. The molecule has 0 saturated carbocycles. The molecule has 134 valence electrons. The van der Waals surface area contributed by atoms with E-state index < -0.39 is 10.9 Å². The maximum absolute atomic E-state index is 12.7. The Balaban J connectivity index is 1.52. The first-order valence-corrected chi connectivity index (χ1v) is 9.82. The zero-order valence-electron chi connectivity index (χ0n) is 14.7. The Morgan fingerprint density at radius 1 is 1.23 bits per heavy atom. The third kappa shape index (κ3) is 2.90. The highest BCUT2D eigenvalue weighted by atomic mass is 32.2. The van der Waals surface area contributed by atoms with Crippen molar-refractivity contribution in [3.8, 4) is 0 Å². The van der Waals surface area contributed by atoms with Crippen LogP contribution in [-0.2, 0) is 25.8 Å². The predicted molar refractivity (Wildman–Crippen MR) is 101 cm³/mol. The van der Waals surface area contributed by atoms with E-state index >= 15 is 0 Å². The summed E-state index contributed by atoms with van der Waals surface area (Å²) in [6.07, 6.45) is 1.21. The number of aryl methyl sites for hydroxylation is 1. The van der Waals surface area contributed by atoms with Gasteiger partial charge in [0.1, 0.15) is 17.5 Å². The lowest BCUT2D eigenvalue weighted by Crippen LogP contribution is -2.46. The minimum atomic E-state index is -0.514. The van der Waals surface area contributed by atoms with Crippen LogP contribution in [0, 0.1) is 6.92 Å². The minimum Gasteiger partial charge on any atom is -0.459 e. The second-order valence-electron chi connectivity index (χ2n) is 6.84. The van der Waals surface area contributed by atoms with Gasteiger partial charge in [-0.3, -0.25) is 4.79 Å². The van der Waals surface area contributed by atoms with Crippen molar-refractivity contribution in [1.82, 2.24) is 4.90 Å². The molecule has 2 aliphatic heterocycles. The number of esters is 1. The molecule has 2 aromatic carbocycles. The summed E-state index contributed by atoms with van der Waals surface area (Å²) in [7, 11) is 0. The maximum atomic E-state index is 12.7. The Hall–Kier alpha value is -2.27. The molecule has 26 heavy (non-hydrogen) atoms. The summed E-state index contributed by atoms with van der Waals surface area (Å²) in [4.78, 5) is 26.7. The topological polar surface area (TPSA) is 46.6 Å². The Morgan fingerprint density at radius 2 is 2.04 bits per heavy atom. The molecule has 2 heterocycles. The number of hydrogen-bond acceptors (Lipinski definition) is 4. The van der Waals surface area contributed by atoms with Gasteiger partial charge in [0.2, 0.25) is 5.91 Å². The molecule has 2 aliphatic rings. The standard InChI is InChI=1S/C21H21NO3S/c1-15-6-5-7-16(12-15)13-25-20(24)18-14-26-21(11-10-19(23)22(18)21)17-8-3-2-4-9-17/h2-9,12,18H,10-11,13-14H2,1H3/t18-,21+/m0/s1. The van der Waals surface area contributed by atoms with Gasteiger partial charge in [-0.1, -0.05) is 60.2 Å². The normalized spacial score (nSPS) is 24.6. The third-order valence-corrected chi connectivity index (χ3v) is 6.68. The van der Waals surface area contributed by atoms with Crippen LogP contribution in [0.25, 0.3) is 0 Å². The SMILES string of the molecule is Cc1cccc(COC(=O)[C@@H]2CS[C@@]3(c4ccccc4)CCC(=O)N23)c1. The molecule has 0 unspecified atom stereocenters. The number of ether oxygens (including phenoxy) is 1. The smallest absolute Gasteiger partial charge is 0.330 e. The van der Waals surface area contributed by atoms with Crippen LogP contribution >= 0.6 is 11.8 Å². The highest BCUT2D eigenvalue weighted by Gasteiger charge is 2.57. The number of rotatable bonds is 4. The molecule has 2 atom stereocenters. The average Bonchev–Trinajstić information content (AvgIpc) is 3.20. The summed E-state index contributed by atoms with van der Waals surface area (Å²) in [5, 5.41) is 0. The second-order valence-corrected chi connectivity index (χ2v) is 8.14. The molecule has 0 aromatic heterocycles. The van der Waals surface area contributed by atoms with Gasteiger partial charge >= 0.3 is 5.97 Å². The molecule has 4 rings (SSSR count). The van der Waals surface area contributed by atoms with E-state index in [2.05, 4.69) is 0 Å². The summed E-state index contributed by atoms with van der Waals surface area (Å²) >= 11 is 1.68. The first-order valence-electron chi connectivity index (χ1n) is 8.84. The number of thioether (sulfide) groups is 1. The Labute approximate surface area is 157 Å². The Bertz CT molecular complexity index is 838. The number of nitrogens with zero attached hydrogens (tertiary/aromatic N) is 1. The van der Waals surface area contributed by atoms with Crippen LogP contribution < -0.4 is 0 Å². The van der Waals surface area contributed by atoms with Gasteiger partial charge in [-0.05, 0) is 24.5 Å². The molecule has 2 fully saturated rings. The van der Waals surface area contributed by atoms with E-state index in [4.69, 9.17) is 4.74 Å². The third-order valence-electron chi connectivity index (χ3n) is 5.09. The Kier molecular flexibility index (Phi) is 4.49. The highest BCUT2D eigenvalue weighted by molar-refractivity contribution is 8.00. The van der Waals surface area contributed by atoms with E-state index in [1.54, 1.807) is 16.7 Å². The van der Waals surface area contributed by atoms with Crippen LogP contribution in [0.15, 0.2) is 54.6 Å². The quantitative estimate of drug-likeness (QED) is 0.774. The fourth-order valence-electron chi connectivity index (χ4n) is 3.87. The van der Waals surface area contributed by atoms with Crippen molar-refractivity contribution in [3.63, 3.8) is 0 Å². The molecule has 4 nitrogen and oxygen atoms in total. The fraction of sp³-hybridized carbons (Fsp3) is 0.333. The molecule has 0 N–H and O–H groups in total. The van der Waals surface area contributed by atoms with Crippen LogP contribution in [0.4, 0.5) is 0 Å². The predicted octanol–water partition coefficient (Wildman–Crippen LogP) is 3.63. The van der Waals surface area contributed by atoms with Crippen molar-refractivity contribution in [1.29, 1.82) is 0 Å². The van der Waals surface area contributed by atoms with Gasteiger partial charge in [-0.25, -0.2) is 4.79 Å². The average molecular weight is 367 g/mol. The zero-order valence-corrected chi connectivity index (χ0v) is 15.5. The van der Waals surface area contributed by atoms with E-state index in [1.165, 1.54) is 0 Å². The molecule has 2 aromatic rings. The fourth-order valence-corrected chi connectivity index (χ4v) is 5.50. The lowest BCUT2D eigenvalue weighted by molar-refractivity contribution is -0.155. The molecule has 5 heteroatoms. The summed E-state index contributed by atoms with van der Waals surface area (Å²) in [5.74, 6) is 0.302. The van der Waals surface area contributed by atoms with Gasteiger partial charge in [0.25, 0.3) is 0 Å². The molecular weight excluding hydrogens is 346 g/mol. The van der Waals surface area contributed by atoms with E-state index in [0.29, 0.717) is 12.2 Å². The highest BCUT2D eigenvalue weighted by Crippen LogP contribution is 2.54. The van der Waals surface area contributed by atoms with Gasteiger partial charge in [-0.15, -0.1) is 11.8 Å². The summed E-state index contributed by atoms with van der Waals surface area (Å²) in [6.45, 7) is 2.25. The van der Waals surface area contributed by atoms with Crippen LogP contribution in [0.5, 0.6) is 0 Å². The van der Waals surface area contributed by atoms with Crippen LogP contribution in [0.3, 0.4) is 0 Å². The number of carbonyl (C=O) groups excluding carboxylic acids is 2. The van der Waals surface area contributed by atoms with Crippen LogP contribution in [0.1, 0.15) is 29.5 Å². The van der Waals surface area contributed by atoms with Crippen molar-refractivity contribution >= 4 is 23.6 Å². The summed E-state index contributed by atoms with van der Waals surface area (Å²) < 4.78 is 5.56. The van der Waals surface area contributed by atoms with Crippen molar-refractivity contribution < 1.29 is 14.3 Å². The summed E-state index contributed by atoms with van der Waals surface area (Å²) in [6, 6.07) is 17.4. The molecule has 0 spiro atoms. The van der Waals surface area contributed by atoms with E-state index in [-0.39, 0.29) is 18.5 Å². The number of benzene rings is 2. The molecule has 2 saturated heterocycles. The molecule has 0 radical (unpaired) electrons. The lowest BCUT2D eigenvalue weighted by Gasteiger charge is -2.33. The summed E-state index contributed by atoms with van der Waals surface area (Å²) in [5.41, 5.74) is 3.18. The van der Waals surface area contributed by atoms with E-state index in [9.17, 15) is 9.59 Å². The van der Waals surface area contributed by atoms with E-state index in [1.807, 2.05) is 61.5 Å². The molecule has 0 bridgehead atoms. The van der Waals surface area contributed by atoms with Crippen LogP contribution in [-0.4, -0.2) is 28.6 Å². The first kappa shape index (κ1) is 17.2. The largest absolute Gasteiger partial charge is 0.459 e. The van der Waals surface area contributed by atoms with Crippen molar-refractivity contribution in [2.45, 2.75) is 37.3 Å².